The molecule has 2 unspecified atom stereocenters. The summed E-state index contributed by atoms with van der Waals surface area (Å²) in [6, 6.07) is 1.53. The molecular formula is C25H25N3O8. The third-order valence-corrected chi connectivity index (χ3v) is 7.40. The Hall–Kier alpha value is -4.04. The quantitative estimate of drug-likeness (QED) is 0.280. The average Bonchev–Trinajstić information content (AvgIpc) is 2.80. The highest BCUT2D eigenvalue weighted by Gasteiger charge is 2.66. The summed E-state index contributed by atoms with van der Waals surface area (Å²) in [5.41, 5.74) is 3.28. The number of primary amides is 1. The molecule has 0 saturated heterocycles. The molecular weight excluding hydrogens is 470 g/mol. The number of nitrogens with one attached hydrogen (secondary N) is 1. The monoisotopic (exact) mass is 495 g/mol. The minimum Gasteiger partial charge on any atom is -0.506 e. The van der Waals surface area contributed by atoms with Gasteiger partial charge in [0.25, 0.3) is 5.91 Å². The topological polar surface area (TPSA) is 184 Å². The number of fused-ring (bicyclic) bond motifs is 3. The number of anilines is 1. The van der Waals surface area contributed by atoms with Gasteiger partial charge in [-0.05, 0) is 30.4 Å². The lowest BCUT2D eigenvalue weighted by atomic mass is 9.53. The standard InChI is InChI=1S/C25H25N3O8/c1-27-16(30)5-4-10-8-14(28(2)3)13-7-11-6-12-9-15(29)19(24(26)35)23(34)25(12,36)22(33)17(11)21(32)18(13)20(10)31/h8,11-12,17,19,31,36H,6-7,9H2,1-3H3,(H2,26,35)(H,27,30)/t11-,12+,17?,19?,25+/m1/s1. The van der Waals surface area contributed by atoms with E-state index >= 15 is 0 Å². The molecule has 2 fully saturated rings. The summed E-state index contributed by atoms with van der Waals surface area (Å²) in [6.45, 7) is 0. The fraction of sp³-hybridized carbons (Fsp3) is 0.440. The molecule has 0 radical (unpaired) electrons. The van der Waals surface area contributed by atoms with Gasteiger partial charge in [0.2, 0.25) is 5.91 Å². The Kier molecular flexibility index (Phi) is 5.96. The number of nitrogens with zero attached hydrogens (tertiary/aromatic N) is 1. The Morgan fingerprint density at radius 2 is 1.83 bits per heavy atom. The molecule has 188 valence electrons. The molecule has 0 bridgehead atoms. The number of carbonyl (C=O) groups excluding carboxylic acids is 6. The molecule has 36 heavy (non-hydrogen) atoms. The van der Waals surface area contributed by atoms with Crippen molar-refractivity contribution in [3.8, 4) is 17.6 Å². The van der Waals surface area contributed by atoms with Crippen molar-refractivity contribution < 1.29 is 39.0 Å². The maximum atomic E-state index is 13.7. The van der Waals surface area contributed by atoms with E-state index in [4.69, 9.17) is 5.73 Å². The largest absolute Gasteiger partial charge is 0.506 e. The van der Waals surface area contributed by atoms with Gasteiger partial charge in [0, 0.05) is 45.1 Å². The number of amides is 2. The Morgan fingerprint density at radius 3 is 2.42 bits per heavy atom. The number of aromatic hydroxyl groups is 1. The highest BCUT2D eigenvalue weighted by molar-refractivity contribution is 6.31. The number of rotatable bonds is 2. The number of phenols is 1. The van der Waals surface area contributed by atoms with Gasteiger partial charge in [0.1, 0.15) is 5.75 Å². The summed E-state index contributed by atoms with van der Waals surface area (Å²) in [5, 5.41) is 24.5. The first-order valence-electron chi connectivity index (χ1n) is 11.3. The van der Waals surface area contributed by atoms with E-state index in [1.54, 1.807) is 19.0 Å². The number of hydrogen-bond donors (Lipinski definition) is 4. The molecule has 2 saturated carbocycles. The SMILES string of the molecule is CNC(=O)C#Cc1cc(N(C)C)c2c(c1O)C(=O)C1C(=O)[C@]3(O)C(=O)C(C(N)=O)C(=O)C[C@@H]3C[C@@H]1C2. The van der Waals surface area contributed by atoms with Crippen LogP contribution in [0.4, 0.5) is 5.69 Å². The maximum absolute atomic E-state index is 13.7. The number of carbonyl (C=O) groups is 6. The van der Waals surface area contributed by atoms with Crippen molar-refractivity contribution in [2.75, 3.05) is 26.0 Å². The lowest BCUT2D eigenvalue weighted by molar-refractivity contribution is -0.175. The summed E-state index contributed by atoms with van der Waals surface area (Å²) in [7, 11) is 4.81. The third-order valence-electron chi connectivity index (χ3n) is 7.40. The van der Waals surface area contributed by atoms with E-state index in [0.717, 1.165) is 0 Å². The summed E-state index contributed by atoms with van der Waals surface area (Å²) in [5.74, 6) is -6.72. The van der Waals surface area contributed by atoms with Gasteiger partial charge < -0.3 is 26.2 Å². The molecule has 4 rings (SSSR count). The second kappa shape index (κ2) is 8.57. The minimum absolute atomic E-state index is 0.00685. The molecule has 0 aromatic heterocycles. The van der Waals surface area contributed by atoms with Crippen LogP contribution in [0.2, 0.25) is 0 Å². The first-order chi connectivity index (χ1) is 16.8. The molecule has 3 aliphatic rings. The normalized spacial score (nSPS) is 28.8. The number of aliphatic hydroxyl groups is 1. The van der Waals surface area contributed by atoms with Gasteiger partial charge in [0.05, 0.1) is 17.0 Å². The lowest BCUT2D eigenvalue weighted by Gasteiger charge is -2.48. The average molecular weight is 495 g/mol. The fourth-order valence-corrected chi connectivity index (χ4v) is 5.70. The lowest BCUT2D eigenvalue weighted by Crippen LogP contribution is -2.68. The number of ketones is 4. The van der Waals surface area contributed by atoms with E-state index in [1.165, 1.54) is 13.1 Å². The number of hydrogen-bond acceptors (Lipinski definition) is 9. The molecule has 5 N–H and O–H groups in total. The van der Waals surface area contributed by atoms with Gasteiger partial charge in [0.15, 0.2) is 34.7 Å². The van der Waals surface area contributed by atoms with Crippen LogP contribution >= 0.6 is 0 Å². The Bertz CT molecular complexity index is 1320. The van der Waals surface area contributed by atoms with E-state index in [-0.39, 0.29) is 24.0 Å². The predicted molar refractivity (Wildman–Crippen MR) is 124 cm³/mol. The Labute approximate surface area is 206 Å². The summed E-state index contributed by atoms with van der Waals surface area (Å²) in [4.78, 5) is 77.7. The highest BCUT2D eigenvalue weighted by atomic mass is 16.3. The second-order valence-corrected chi connectivity index (χ2v) is 9.61. The molecule has 11 heteroatoms. The van der Waals surface area contributed by atoms with Crippen LogP contribution < -0.4 is 16.0 Å². The fourth-order valence-electron chi connectivity index (χ4n) is 5.70. The van der Waals surface area contributed by atoms with Crippen LogP contribution in [0.5, 0.6) is 5.75 Å². The van der Waals surface area contributed by atoms with Crippen molar-refractivity contribution in [3.05, 3.63) is 22.8 Å². The van der Waals surface area contributed by atoms with Crippen molar-refractivity contribution in [1.29, 1.82) is 0 Å². The molecule has 5 atom stereocenters. The van der Waals surface area contributed by atoms with E-state index < -0.39 is 76.4 Å². The molecule has 1 aromatic carbocycles. The maximum Gasteiger partial charge on any atom is 0.295 e. The molecule has 2 amide bonds. The molecule has 0 heterocycles. The van der Waals surface area contributed by atoms with Crippen LogP contribution in [0, 0.1) is 35.5 Å². The Balaban J connectivity index is 1.86. The zero-order valence-corrected chi connectivity index (χ0v) is 19.9. The number of benzene rings is 1. The Morgan fingerprint density at radius 1 is 1.17 bits per heavy atom. The van der Waals surface area contributed by atoms with Crippen LogP contribution in [-0.2, 0) is 30.4 Å². The van der Waals surface area contributed by atoms with Gasteiger partial charge in [-0.15, -0.1) is 0 Å². The van der Waals surface area contributed by atoms with Crippen molar-refractivity contribution in [3.63, 3.8) is 0 Å². The van der Waals surface area contributed by atoms with Crippen molar-refractivity contribution in [2.45, 2.75) is 24.9 Å². The van der Waals surface area contributed by atoms with Gasteiger partial charge in [-0.25, -0.2) is 0 Å². The first kappa shape index (κ1) is 25.1. The smallest absolute Gasteiger partial charge is 0.295 e. The van der Waals surface area contributed by atoms with E-state index in [9.17, 15) is 39.0 Å². The second-order valence-electron chi connectivity index (χ2n) is 9.61. The van der Waals surface area contributed by atoms with Crippen LogP contribution in [0.15, 0.2) is 6.07 Å². The van der Waals surface area contributed by atoms with Gasteiger partial charge in [-0.3, -0.25) is 28.8 Å². The predicted octanol–water partition coefficient (Wildman–Crippen LogP) is -1.51. The van der Waals surface area contributed by atoms with Crippen LogP contribution in [0.1, 0.15) is 34.3 Å². The number of phenolic OH excluding ortho intramolecular Hbond substituents is 1. The van der Waals surface area contributed by atoms with Crippen molar-refractivity contribution in [1.82, 2.24) is 5.32 Å². The molecule has 3 aliphatic carbocycles. The number of Topliss-reactive ketones (excluding diaryl/α,β-unsaturated/α-hetero) is 4. The molecule has 11 nitrogen and oxygen atoms in total. The zero-order chi connectivity index (χ0) is 26.7. The van der Waals surface area contributed by atoms with E-state index in [0.29, 0.717) is 11.3 Å². The summed E-state index contributed by atoms with van der Waals surface area (Å²) < 4.78 is 0. The number of nitrogens with two attached hydrogens (primary N) is 1. The molecule has 0 aliphatic heterocycles. The molecule has 1 aromatic rings. The summed E-state index contributed by atoms with van der Waals surface area (Å²) in [6.07, 6.45) is -0.242. The van der Waals surface area contributed by atoms with Crippen LogP contribution in [0.25, 0.3) is 0 Å². The third kappa shape index (κ3) is 3.48. The zero-order valence-electron chi connectivity index (χ0n) is 19.9. The van der Waals surface area contributed by atoms with Crippen LogP contribution in [-0.4, -0.2) is 71.9 Å². The highest BCUT2D eigenvalue weighted by Crippen LogP contribution is 2.51. The summed E-state index contributed by atoms with van der Waals surface area (Å²) >= 11 is 0. The van der Waals surface area contributed by atoms with Gasteiger partial charge >= 0.3 is 0 Å². The molecule has 0 spiro atoms. The van der Waals surface area contributed by atoms with Crippen LogP contribution in [0.3, 0.4) is 0 Å². The van der Waals surface area contributed by atoms with Gasteiger partial charge in [-0.1, -0.05) is 5.92 Å². The van der Waals surface area contributed by atoms with Gasteiger partial charge in [-0.2, -0.15) is 0 Å². The minimum atomic E-state index is -2.71. The van der Waals surface area contributed by atoms with Crippen molar-refractivity contribution >= 4 is 40.6 Å². The first-order valence-corrected chi connectivity index (χ1v) is 11.3. The van der Waals surface area contributed by atoms with E-state index in [2.05, 4.69) is 17.2 Å². The van der Waals surface area contributed by atoms with Crippen molar-refractivity contribution in [2.24, 2.45) is 29.4 Å². The van der Waals surface area contributed by atoms with E-state index in [1.807, 2.05) is 0 Å².